The van der Waals surface area contributed by atoms with Crippen LogP contribution in [0.5, 0.6) is 0 Å². The largest absolute Gasteiger partial charge is 0.472 e. The minimum atomic E-state index is -0.128. The number of hydrogen-bond donors (Lipinski definition) is 1. The van der Waals surface area contributed by atoms with Gasteiger partial charge in [0.25, 0.3) is 5.91 Å². The van der Waals surface area contributed by atoms with Gasteiger partial charge in [-0.25, -0.2) is 5.43 Å². The lowest BCUT2D eigenvalue weighted by Crippen LogP contribution is -2.20. The number of amides is 1. The molecule has 1 atom stereocenters. The molecule has 0 bridgehead atoms. The molecule has 0 unspecified atom stereocenters. The van der Waals surface area contributed by atoms with Gasteiger partial charge in [0.05, 0.1) is 24.3 Å². The summed E-state index contributed by atoms with van der Waals surface area (Å²) in [6, 6.07) is 1.78. The van der Waals surface area contributed by atoms with Crippen LogP contribution in [0.3, 0.4) is 0 Å². The molecular weight excluding hydrogens is 272 g/mol. The van der Waals surface area contributed by atoms with E-state index < -0.39 is 0 Å². The van der Waals surface area contributed by atoms with Gasteiger partial charge in [0.2, 0.25) is 0 Å². The highest BCUT2D eigenvalue weighted by atomic mass is 32.1. The van der Waals surface area contributed by atoms with Crippen LogP contribution in [-0.4, -0.2) is 12.1 Å². The van der Waals surface area contributed by atoms with Gasteiger partial charge < -0.3 is 4.42 Å². The molecule has 104 valence electrons. The van der Waals surface area contributed by atoms with E-state index in [1.54, 1.807) is 36.1 Å². The van der Waals surface area contributed by atoms with Crippen LogP contribution in [0.25, 0.3) is 0 Å². The van der Waals surface area contributed by atoms with E-state index in [0.717, 1.165) is 36.3 Å². The lowest BCUT2D eigenvalue weighted by atomic mass is 9.88. The molecule has 4 nitrogen and oxygen atoms in total. The van der Waals surface area contributed by atoms with Crippen LogP contribution in [0.1, 0.15) is 39.7 Å². The number of thiophene rings is 1. The van der Waals surface area contributed by atoms with Crippen LogP contribution in [0.15, 0.2) is 33.5 Å². The van der Waals surface area contributed by atoms with Gasteiger partial charge in [0, 0.05) is 15.8 Å². The molecule has 2 aromatic heterocycles. The van der Waals surface area contributed by atoms with Gasteiger partial charge in [0.15, 0.2) is 0 Å². The fourth-order valence-electron chi connectivity index (χ4n) is 2.44. The topological polar surface area (TPSA) is 54.6 Å². The number of hydrogen-bond acceptors (Lipinski definition) is 4. The highest BCUT2D eigenvalue weighted by Crippen LogP contribution is 2.32. The Balaban J connectivity index is 1.69. The van der Waals surface area contributed by atoms with Gasteiger partial charge in [-0.1, -0.05) is 6.92 Å². The summed E-state index contributed by atoms with van der Waals surface area (Å²) in [6.45, 7) is 2.26. The van der Waals surface area contributed by atoms with Crippen LogP contribution in [-0.2, 0) is 12.8 Å². The second kappa shape index (κ2) is 5.63. The van der Waals surface area contributed by atoms with Gasteiger partial charge in [-0.2, -0.15) is 5.10 Å². The number of rotatable bonds is 3. The molecule has 0 saturated heterocycles. The summed E-state index contributed by atoms with van der Waals surface area (Å²) in [6.07, 6.45) is 7.95. The van der Waals surface area contributed by atoms with E-state index >= 15 is 0 Å². The molecule has 5 heteroatoms. The van der Waals surface area contributed by atoms with E-state index in [1.807, 2.05) is 5.38 Å². The fraction of sp³-hybridized carbons (Fsp3) is 0.333. The van der Waals surface area contributed by atoms with Gasteiger partial charge in [0.1, 0.15) is 0 Å². The minimum absolute atomic E-state index is 0.128. The Bertz CT molecular complexity index is 628. The van der Waals surface area contributed by atoms with Crippen LogP contribution in [0.4, 0.5) is 0 Å². The summed E-state index contributed by atoms with van der Waals surface area (Å²) in [5.41, 5.74) is 5.40. The molecule has 1 aliphatic carbocycles. The maximum atomic E-state index is 12.1. The number of carbonyl (C=O) groups is 1. The Morgan fingerprint density at radius 1 is 1.60 bits per heavy atom. The molecule has 0 radical (unpaired) electrons. The average molecular weight is 288 g/mol. The standard InChI is InChI=1S/C15H16N2O2S/c1-10-2-3-12-13(9-20-14(12)6-10)15(18)17-16-7-11-4-5-19-8-11/h4-5,7-10H,2-3,6H2,1H3,(H,17,18)/b16-7-/t10-/m1/s1. The smallest absolute Gasteiger partial charge is 0.272 e. The van der Waals surface area contributed by atoms with Crippen molar-refractivity contribution in [2.45, 2.75) is 26.2 Å². The maximum absolute atomic E-state index is 12.1. The van der Waals surface area contributed by atoms with E-state index in [4.69, 9.17) is 4.42 Å². The van der Waals surface area contributed by atoms with Gasteiger partial charge in [-0.15, -0.1) is 11.3 Å². The Labute approximate surface area is 121 Å². The van der Waals surface area contributed by atoms with Crippen LogP contribution >= 0.6 is 11.3 Å². The van der Waals surface area contributed by atoms with Crippen molar-refractivity contribution < 1.29 is 9.21 Å². The SMILES string of the molecule is C[C@@H]1CCc2c(C(=O)N/N=C\c3ccoc3)csc2C1. The predicted octanol–water partition coefficient (Wildman–Crippen LogP) is 3.23. The van der Waals surface area contributed by atoms with E-state index in [0.29, 0.717) is 0 Å². The number of furan rings is 1. The third-order valence-corrected chi connectivity index (χ3v) is 4.62. The van der Waals surface area contributed by atoms with Crippen molar-refractivity contribution in [2.24, 2.45) is 11.0 Å². The van der Waals surface area contributed by atoms with E-state index in [-0.39, 0.29) is 5.91 Å². The lowest BCUT2D eigenvalue weighted by molar-refractivity contribution is 0.0954. The maximum Gasteiger partial charge on any atom is 0.272 e. The third kappa shape index (κ3) is 2.67. The van der Waals surface area contributed by atoms with Crippen LogP contribution in [0, 0.1) is 5.92 Å². The van der Waals surface area contributed by atoms with E-state index in [2.05, 4.69) is 17.5 Å². The number of nitrogens with zero attached hydrogens (tertiary/aromatic N) is 1. The zero-order chi connectivity index (χ0) is 13.9. The first-order valence-electron chi connectivity index (χ1n) is 6.69. The molecule has 1 aliphatic rings. The lowest BCUT2D eigenvalue weighted by Gasteiger charge is -2.18. The Morgan fingerprint density at radius 3 is 3.30 bits per heavy atom. The molecule has 2 heterocycles. The summed E-state index contributed by atoms with van der Waals surface area (Å²) in [5, 5.41) is 5.90. The minimum Gasteiger partial charge on any atom is -0.472 e. The van der Waals surface area contributed by atoms with Gasteiger partial charge >= 0.3 is 0 Å². The van der Waals surface area contributed by atoms with Crippen molar-refractivity contribution in [3.8, 4) is 0 Å². The molecule has 0 aliphatic heterocycles. The first kappa shape index (κ1) is 13.1. The Kier molecular flexibility index (Phi) is 3.69. The molecule has 0 fully saturated rings. The molecule has 2 aromatic rings. The highest BCUT2D eigenvalue weighted by Gasteiger charge is 2.22. The second-order valence-electron chi connectivity index (χ2n) is 5.15. The molecule has 20 heavy (non-hydrogen) atoms. The van der Waals surface area contributed by atoms with Crippen molar-refractivity contribution in [1.82, 2.24) is 5.43 Å². The van der Waals surface area contributed by atoms with Crippen LogP contribution in [0.2, 0.25) is 0 Å². The monoisotopic (exact) mass is 288 g/mol. The normalized spacial score (nSPS) is 18.1. The van der Waals surface area contributed by atoms with Gasteiger partial charge in [-0.3, -0.25) is 4.79 Å². The molecule has 0 aromatic carbocycles. The summed E-state index contributed by atoms with van der Waals surface area (Å²) in [7, 11) is 0. The molecular formula is C15H16N2O2S. The molecule has 0 saturated carbocycles. The van der Waals surface area contributed by atoms with Crippen molar-refractivity contribution in [2.75, 3.05) is 0 Å². The highest BCUT2D eigenvalue weighted by molar-refractivity contribution is 7.10. The average Bonchev–Trinajstić information content (AvgIpc) is 3.07. The van der Waals surface area contributed by atoms with Crippen molar-refractivity contribution in [1.29, 1.82) is 0 Å². The summed E-state index contributed by atoms with van der Waals surface area (Å²) >= 11 is 1.69. The first-order valence-corrected chi connectivity index (χ1v) is 7.57. The number of carbonyl (C=O) groups excluding carboxylic acids is 1. The molecule has 1 amide bonds. The van der Waals surface area contributed by atoms with Crippen molar-refractivity contribution in [3.63, 3.8) is 0 Å². The predicted molar refractivity (Wildman–Crippen MR) is 79.3 cm³/mol. The second-order valence-corrected chi connectivity index (χ2v) is 6.12. The number of nitrogens with one attached hydrogen (secondary N) is 1. The summed E-state index contributed by atoms with van der Waals surface area (Å²) in [5.74, 6) is 0.591. The van der Waals surface area contributed by atoms with E-state index in [9.17, 15) is 4.79 Å². The van der Waals surface area contributed by atoms with Crippen LogP contribution < -0.4 is 5.43 Å². The molecule has 3 rings (SSSR count). The zero-order valence-electron chi connectivity index (χ0n) is 11.3. The van der Waals surface area contributed by atoms with Crippen molar-refractivity contribution >= 4 is 23.5 Å². The van der Waals surface area contributed by atoms with Gasteiger partial charge in [-0.05, 0) is 36.8 Å². The molecule has 1 N–H and O–H groups in total. The summed E-state index contributed by atoms with van der Waals surface area (Å²) < 4.78 is 4.93. The number of hydrazone groups is 1. The van der Waals surface area contributed by atoms with E-state index in [1.165, 1.54) is 10.4 Å². The first-order chi connectivity index (χ1) is 9.74. The fourth-order valence-corrected chi connectivity index (χ4v) is 3.69. The Hall–Kier alpha value is -1.88. The van der Waals surface area contributed by atoms with Crippen molar-refractivity contribution in [3.05, 3.63) is 45.5 Å². The number of fused-ring (bicyclic) bond motifs is 1. The quantitative estimate of drug-likeness (QED) is 0.696. The third-order valence-electron chi connectivity index (χ3n) is 3.57. The zero-order valence-corrected chi connectivity index (χ0v) is 12.1. The Morgan fingerprint density at radius 2 is 2.50 bits per heavy atom. The molecule has 0 spiro atoms. The summed E-state index contributed by atoms with van der Waals surface area (Å²) in [4.78, 5) is 13.5.